The third kappa shape index (κ3) is 6.39. The van der Waals surface area contributed by atoms with Crippen LogP contribution in [0.15, 0.2) is 78.9 Å². The number of hydrogen-bond donors (Lipinski definition) is 2. The van der Waals surface area contributed by atoms with Crippen LogP contribution in [0.4, 0.5) is 26.3 Å². The zero-order chi connectivity index (χ0) is 29.1. The Morgan fingerprint density at radius 2 is 1.45 bits per heavy atom. The number of carbonyl (C=O) groups is 1. The summed E-state index contributed by atoms with van der Waals surface area (Å²) in [5.74, 6) is -0.561. The van der Waals surface area contributed by atoms with Gasteiger partial charge in [-0.2, -0.15) is 26.3 Å². The fraction of sp³-hybridized carbons (Fsp3) is 0.321. The van der Waals surface area contributed by atoms with Crippen LogP contribution >= 0.6 is 0 Å². The molecule has 1 fully saturated rings. The van der Waals surface area contributed by atoms with Crippen molar-refractivity contribution >= 4 is 17.0 Å². The normalized spacial score (nSPS) is 15.9. The molecule has 1 aliphatic rings. The molecule has 1 saturated carbocycles. The van der Waals surface area contributed by atoms with E-state index in [0.717, 1.165) is 25.0 Å². The number of nitrogens with one attached hydrogen (secondary N) is 1. The van der Waals surface area contributed by atoms with Crippen molar-refractivity contribution in [1.82, 2.24) is 5.32 Å². The van der Waals surface area contributed by atoms with Crippen molar-refractivity contribution in [2.75, 3.05) is 0 Å². The molecule has 0 bridgehead atoms. The van der Waals surface area contributed by atoms with Gasteiger partial charge >= 0.3 is 12.4 Å². The average Bonchev–Trinajstić information content (AvgIpc) is 3.73. The molecule has 4 rings (SSSR count). The average molecular weight is 586 g/mol. The highest BCUT2D eigenvalue weighted by molar-refractivity contribution is 7.79. The molecule has 5 nitrogen and oxygen atoms in total. The van der Waals surface area contributed by atoms with Gasteiger partial charge in [0, 0.05) is 17.7 Å². The molecule has 40 heavy (non-hydrogen) atoms. The van der Waals surface area contributed by atoms with E-state index < -0.39 is 52.4 Å². The smallest absolute Gasteiger partial charge is 0.349 e. The summed E-state index contributed by atoms with van der Waals surface area (Å²) in [5.41, 5.74) is -4.50. The second-order valence-electron chi connectivity index (χ2n) is 9.49. The van der Waals surface area contributed by atoms with Gasteiger partial charge in [0.25, 0.3) is 11.5 Å². The minimum Gasteiger partial charge on any atom is -0.349 e. The van der Waals surface area contributed by atoms with E-state index in [0.29, 0.717) is 23.3 Å². The highest BCUT2D eigenvalue weighted by atomic mass is 32.2. The molecular weight excluding hydrogens is 560 g/mol. The van der Waals surface area contributed by atoms with E-state index in [1.54, 1.807) is 30.3 Å². The number of rotatable bonds is 10. The van der Waals surface area contributed by atoms with Crippen molar-refractivity contribution in [3.05, 3.63) is 107 Å². The molecule has 1 aliphatic carbocycles. The molecule has 2 atom stereocenters. The number of amides is 1. The Kier molecular flexibility index (Phi) is 8.72. The summed E-state index contributed by atoms with van der Waals surface area (Å²) in [6.45, 7) is -0.928. The number of halogens is 6. The Hall–Kier alpha value is -3.22. The van der Waals surface area contributed by atoms with Crippen LogP contribution in [0.3, 0.4) is 0 Å². The summed E-state index contributed by atoms with van der Waals surface area (Å²) in [4.78, 5) is 12.6. The second-order valence-corrected chi connectivity index (χ2v) is 10.5. The molecule has 0 aromatic heterocycles. The van der Waals surface area contributed by atoms with Crippen LogP contribution in [-0.4, -0.2) is 27.0 Å². The molecular formula is C28H25F6NO4S. The lowest BCUT2D eigenvalue weighted by Crippen LogP contribution is -2.55. The third-order valence-electron chi connectivity index (χ3n) is 6.68. The van der Waals surface area contributed by atoms with Gasteiger partial charge in [0.05, 0.1) is 11.9 Å². The van der Waals surface area contributed by atoms with Crippen LogP contribution in [0.25, 0.3) is 0 Å². The molecule has 0 spiro atoms. The van der Waals surface area contributed by atoms with E-state index in [-0.39, 0.29) is 23.6 Å². The van der Waals surface area contributed by atoms with Crippen LogP contribution in [-0.2, 0) is 34.6 Å². The number of ether oxygens (including phenoxy) is 1. The van der Waals surface area contributed by atoms with E-state index in [4.69, 9.17) is 0 Å². The summed E-state index contributed by atoms with van der Waals surface area (Å²) in [7, 11) is 0. The molecule has 12 heteroatoms. The minimum atomic E-state index is -5.85. The Morgan fingerprint density at radius 1 is 0.875 bits per heavy atom. The topological polar surface area (TPSA) is 75.6 Å². The van der Waals surface area contributed by atoms with E-state index >= 15 is 0 Å². The Bertz CT molecular complexity index is 1310. The van der Waals surface area contributed by atoms with E-state index in [9.17, 15) is 39.9 Å². The predicted octanol–water partition coefficient (Wildman–Crippen LogP) is 6.83. The van der Waals surface area contributed by atoms with Crippen LogP contribution in [0.2, 0.25) is 0 Å². The molecule has 214 valence electrons. The van der Waals surface area contributed by atoms with Crippen molar-refractivity contribution in [1.29, 1.82) is 0 Å². The molecule has 2 unspecified atom stereocenters. The zero-order valence-electron chi connectivity index (χ0n) is 20.8. The quantitative estimate of drug-likeness (QED) is 0.202. The first-order chi connectivity index (χ1) is 18.8. The standard InChI is InChI=1S/C28H25F6NO4S/c29-27(30,31)26(28(32,33)34,39-17-19-4-2-1-3-5-19)23-14-12-22(13-15-23)25(36)35-16-18-6-8-20(9-7-18)24(40(37)38)21-10-11-21/h1-9,12-15,21,24H,10-11,16-17H2,(H,35,36)(H,37,38). The summed E-state index contributed by atoms with van der Waals surface area (Å²) in [5, 5.41) is 2.08. The monoisotopic (exact) mass is 585 g/mol. The van der Waals surface area contributed by atoms with Crippen molar-refractivity contribution in [2.45, 2.75) is 49.2 Å². The Labute approximate surface area is 228 Å². The first-order valence-electron chi connectivity index (χ1n) is 12.2. The van der Waals surface area contributed by atoms with Gasteiger partial charge in [0.2, 0.25) is 0 Å². The number of hydrogen-bond acceptors (Lipinski definition) is 3. The third-order valence-corrected chi connectivity index (χ3v) is 7.77. The first kappa shape index (κ1) is 29.8. The molecule has 0 aliphatic heterocycles. The Morgan fingerprint density at radius 3 is 1.95 bits per heavy atom. The summed E-state index contributed by atoms with van der Waals surface area (Å²) in [6.07, 6.45) is -9.95. The lowest BCUT2D eigenvalue weighted by atomic mass is 9.90. The SMILES string of the molecule is O=C(NCc1ccc(C(C2CC2)S(=O)O)cc1)c1ccc(C(OCc2ccccc2)(C(F)(F)F)C(F)(F)F)cc1. The zero-order valence-corrected chi connectivity index (χ0v) is 21.7. The van der Waals surface area contributed by atoms with Crippen LogP contribution in [0.5, 0.6) is 0 Å². The summed E-state index contributed by atoms with van der Waals surface area (Å²) >= 11 is -2.02. The van der Waals surface area contributed by atoms with Gasteiger partial charge in [0.1, 0.15) is 0 Å². The molecule has 3 aromatic rings. The largest absolute Gasteiger partial charge is 0.430 e. The van der Waals surface area contributed by atoms with Gasteiger partial charge in [0.15, 0.2) is 11.1 Å². The van der Waals surface area contributed by atoms with Crippen molar-refractivity contribution < 1.29 is 44.6 Å². The second kappa shape index (κ2) is 11.7. The van der Waals surface area contributed by atoms with Gasteiger partial charge < -0.3 is 14.6 Å². The van der Waals surface area contributed by atoms with Crippen molar-refractivity contribution in [3.63, 3.8) is 0 Å². The van der Waals surface area contributed by atoms with Crippen LogP contribution < -0.4 is 5.32 Å². The lowest BCUT2D eigenvalue weighted by Gasteiger charge is -2.37. The fourth-order valence-electron chi connectivity index (χ4n) is 4.42. The maximum atomic E-state index is 14.0. The lowest BCUT2D eigenvalue weighted by molar-refractivity contribution is -0.392. The summed E-state index contributed by atoms with van der Waals surface area (Å²) in [6, 6.07) is 16.8. The van der Waals surface area contributed by atoms with E-state index in [2.05, 4.69) is 10.1 Å². The maximum Gasteiger partial charge on any atom is 0.430 e. The van der Waals surface area contributed by atoms with Gasteiger partial charge in [-0.25, -0.2) is 4.21 Å². The molecule has 0 radical (unpaired) electrons. The van der Waals surface area contributed by atoms with E-state index in [1.165, 1.54) is 24.3 Å². The minimum absolute atomic E-state index is 0.0202. The Balaban J connectivity index is 1.48. The van der Waals surface area contributed by atoms with Gasteiger partial charge in [-0.3, -0.25) is 4.79 Å². The number of benzene rings is 3. The molecule has 2 N–H and O–H groups in total. The predicted molar refractivity (Wildman–Crippen MR) is 135 cm³/mol. The molecule has 0 saturated heterocycles. The molecule has 0 heterocycles. The highest BCUT2D eigenvalue weighted by Crippen LogP contribution is 2.53. The maximum absolute atomic E-state index is 14.0. The first-order valence-corrected chi connectivity index (χ1v) is 13.4. The fourth-order valence-corrected chi connectivity index (χ4v) is 5.41. The van der Waals surface area contributed by atoms with Crippen LogP contribution in [0.1, 0.15) is 50.7 Å². The van der Waals surface area contributed by atoms with Gasteiger partial charge in [-0.15, -0.1) is 0 Å². The molecule has 1 amide bonds. The van der Waals surface area contributed by atoms with Gasteiger partial charge in [-0.1, -0.05) is 66.7 Å². The number of alkyl halides is 6. The highest BCUT2D eigenvalue weighted by Gasteiger charge is 2.73. The molecule has 3 aromatic carbocycles. The van der Waals surface area contributed by atoms with Gasteiger partial charge in [-0.05, 0) is 47.6 Å². The van der Waals surface area contributed by atoms with Crippen molar-refractivity contribution in [2.24, 2.45) is 5.92 Å². The number of carbonyl (C=O) groups excluding carboxylic acids is 1. The summed E-state index contributed by atoms with van der Waals surface area (Å²) < 4.78 is 110. The van der Waals surface area contributed by atoms with E-state index in [1.807, 2.05) is 0 Å². The van der Waals surface area contributed by atoms with Crippen molar-refractivity contribution in [3.8, 4) is 0 Å². The van der Waals surface area contributed by atoms with Crippen LogP contribution in [0, 0.1) is 5.92 Å².